The Balaban J connectivity index is 2.14. The third kappa shape index (κ3) is 3.63. The third-order valence-corrected chi connectivity index (χ3v) is 3.96. The Bertz CT molecular complexity index is 518. The average molecular weight is 290 g/mol. The Morgan fingerprint density at radius 3 is 2.24 bits per heavy atom. The zero-order chi connectivity index (χ0) is 15.6. The number of carbonyl (C=O) groups is 2. The SMILES string of the molecule is CC1CC(C(=O)O)C(C(=O)c2ccc(OC(C)C)cc2)C1. The van der Waals surface area contributed by atoms with E-state index in [1.807, 2.05) is 20.8 Å². The molecule has 0 amide bonds. The number of hydrogen-bond acceptors (Lipinski definition) is 3. The molecule has 1 aromatic carbocycles. The molecule has 0 heterocycles. The van der Waals surface area contributed by atoms with Gasteiger partial charge in [-0.25, -0.2) is 0 Å². The van der Waals surface area contributed by atoms with E-state index in [4.69, 9.17) is 4.74 Å². The van der Waals surface area contributed by atoms with Crippen molar-refractivity contribution in [3.05, 3.63) is 29.8 Å². The summed E-state index contributed by atoms with van der Waals surface area (Å²) in [5.41, 5.74) is 0.566. The molecule has 1 fully saturated rings. The van der Waals surface area contributed by atoms with E-state index in [1.165, 1.54) is 0 Å². The number of carboxylic acids is 1. The highest BCUT2D eigenvalue weighted by atomic mass is 16.5. The molecule has 1 saturated carbocycles. The Morgan fingerprint density at radius 1 is 1.14 bits per heavy atom. The van der Waals surface area contributed by atoms with Gasteiger partial charge in [0.25, 0.3) is 0 Å². The molecular formula is C17H22O4. The predicted octanol–water partition coefficient (Wildman–Crippen LogP) is 3.40. The summed E-state index contributed by atoms with van der Waals surface area (Å²) < 4.78 is 5.55. The molecule has 2 rings (SSSR count). The highest BCUT2D eigenvalue weighted by molar-refractivity contribution is 6.00. The van der Waals surface area contributed by atoms with Gasteiger partial charge in [-0.05, 0) is 56.9 Å². The fourth-order valence-electron chi connectivity index (χ4n) is 3.04. The highest BCUT2D eigenvalue weighted by Crippen LogP contribution is 2.38. The van der Waals surface area contributed by atoms with Crippen LogP contribution in [-0.4, -0.2) is 23.0 Å². The molecule has 3 atom stereocenters. The van der Waals surface area contributed by atoms with Crippen LogP contribution in [0.25, 0.3) is 0 Å². The van der Waals surface area contributed by atoms with Crippen LogP contribution in [0.2, 0.25) is 0 Å². The van der Waals surface area contributed by atoms with Crippen molar-refractivity contribution in [2.75, 3.05) is 0 Å². The van der Waals surface area contributed by atoms with Crippen LogP contribution >= 0.6 is 0 Å². The van der Waals surface area contributed by atoms with Crippen molar-refractivity contribution in [2.24, 2.45) is 17.8 Å². The molecule has 0 saturated heterocycles. The molecular weight excluding hydrogens is 268 g/mol. The van der Waals surface area contributed by atoms with Crippen molar-refractivity contribution in [1.82, 2.24) is 0 Å². The minimum atomic E-state index is -0.863. The largest absolute Gasteiger partial charge is 0.491 e. The monoisotopic (exact) mass is 290 g/mol. The van der Waals surface area contributed by atoms with E-state index in [-0.39, 0.29) is 17.8 Å². The van der Waals surface area contributed by atoms with Crippen LogP contribution in [0.15, 0.2) is 24.3 Å². The topological polar surface area (TPSA) is 63.6 Å². The molecule has 1 N–H and O–H groups in total. The number of Topliss-reactive ketones (excluding diaryl/α,β-unsaturated/α-hetero) is 1. The van der Waals surface area contributed by atoms with Crippen molar-refractivity contribution >= 4 is 11.8 Å². The summed E-state index contributed by atoms with van der Waals surface area (Å²) in [7, 11) is 0. The second kappa shape index (κ2) is 6.29. The van der Waals surface area contributed by atoms with Crippen LogP contribution in [0, 0.1) is 17.8 Å². The summed E-state index contributed by atoms with van der Waals surface area (Å²) in [6.07, 6.45) is 1.32. The molecule has 3 unspecified atom stereocenters. The van der Waals surface area contributed by atoms with Gasteiger partial charge in [-0.2, -0.15) is 0 Å². The maximum Gasteiger partial charge on any atom is 0.307 e. The first-order valence-electron chi connectivity index (χ1n) is 7.42. The lowest BCUT2D eigenvalue weighted by atomic mass is 9.88. The highest BCUT2D eigenvalue weighted by Gasteiger charge is 2.41. The standard InChI is InChI=1S/C17H22O4/c1-10(2)21-13-6-4-12(5-7-13)16(18)14-8-11(3)9-15(14)17(19)20/h4-7,10-11,14-15H,8-9H2,1-3H3,(H,19,20). The van der Waals surface area contributed by atoms with Crippen LogP contribution in [0.3, 0.4) is 0 Å². The summed E-state index contributed by atoms with van der Waals surface area (Å²) in [6.45, 7) is 5.88. The number of ketones is 1. The lowest BCUT2D eigenvalue weighted by Crippen LogP contribution is -2.25. The zero-order valence-corrected chi connectivity index (χ0v) is 12.7. The zero-order valence-electron chi connectivity index (χ0n) is 12.7. The van der Waals surface area contributed by atoms with Crippen LogP contribution < -0.4 is 4.74 Å². The number of carboxylic acid groups (broad SMARTS) is 1. The molecule has 1 aliphatic carbocycles. The van der Waals surface area contributed by atoms with Crippen molar-refractivity contribution < 1.29 is 19.4 Å². The Kier molecular flexibility index (Phi) is 4.66. The second-order valence-electron chi connectivity index (χ2n) is 6.18. The van der Waals surface area contributed by atoms with Gasteiger partial charge in [0.05, 0.1) is 12.0 Å². The van der Waals surface area contributed by atoms with Gasteiger partial charge in [0.2, 0.25) is 0 Å². The van der Waals surface area contributed by atoms with E-state index in [1.54, 1.807) is 24.3 Å². The summed E-state index contributed by atoms with van der Waals surface area (Å²) >= 11 is 0. The Hall–Kier alpha value is -1.84. The van der Waals surface area contributed by atoms with Crippen LogP contribution in [0.5, 0.6) is 5.75 Å². The van der Waals surface area contributed by atoms with E-state index >= 15 is 0 Å². The number of benzene rings is 1. The van der Waals surface area contributed by atoms with E-state index in [2.05, 4.69) is 0 Å². The van der Waals surface area contributed by atoms with Crippen LogP contribution in [0.4, 0.5) is 0 Å². The molecule has 0 radical (unpaired) electrons. The summed E-state index contributed by atoms with van der Waals surface area (Å²) in [6, 6.07) is 6.98. The molecule has 0 spiro atoms. The minimum Gasteiger partial charge on any atom is -0.491 e. The molecule has 21 heavy (non-hydrogen) atoms. The first-order chi connectivity index (χ1) is 9.88. The number of rotatable bonds is 5. The van der Waals surface area contributed by atoms with Gasteiger partial charge in [-0.3, -0.25) is 9.59 Å². The maximum absolute atomic E-state index is 12.5. The van der Waals surface area contributed by atoms with Crippen molar-refractivity contribution in [2.45, 2.75) is 39.7 Å². The lowest BCUT2D eigenvalue weighted by Gasteiger charge is -2.15. The van der Waals surface area contributed by atoms with Gasteiger partial charge in [0.1, 0.15) is 5.75 Å². The molecule has 0 aromatic heterocycles. The van der Waals surface area contributed by atoms with Crippen LogP contribution in [0.1, 0.15) is 44.0 Å². The Labute approximate surface area is 125 Å². The normalized spacial score (nSPS) is 25.0. The molecule has 4 heteroatoms. The van der Waals surface area contributed by atoms with Crippen molar-refractivity contribution in [3.8, 4) is 5.75 Å². The molecule has 4 nitrogen and oxygen atoms in total. The first kappa shape index (κ1) is 15.5. The first-order valence-corrected chi connectivity index (χ1v) is 7.42. The van der Waals surface area contributed by atoms with Gasteiger partial charge < -0.3 is 9.84 Å². The van der Waals surface area contributed by atoms with Crippen molar-refractivity contribution in [3.63, 3.8) is 0 Å². The van der Waals surface area contributed by atoms with Crippen LogP contribution in [-0.2, 0) is 4.79 Å². The second-order valence-corrected chi connectivity index (χ2v) is 6.18. The maximum atomic E-state index is 12.5. The van der Waals surface area contributed by atoms with Gasteiger partial charge in [-0.15, -0.1) is 0 Å². The van der Waals surface area contributed by atoms with Crippen molar-refractivity contribution in [1.29, 1.82) is 0 Å². The number of aliphatic carboxylic acids is 1. The smallest absolute Gasteiger partial charge is 0.307 e. The number of carbonyl (C=O) groups excluding carboxylic acids is 1. The molecule has 1 aromatic rings. The summed E-state index contributed by atoms with van der Waals surface area (Å²) in [4.78, 5) is 23.8. The third-order valence-electron chi connectivity index (χ3n) is 3.96. The number of ether oxygens (including phenoxy) is 1. The van der Waals surface area contributed by atoms with Gasteiger partial charge >= 0.3 is 5.97 Å². The quantitative estimate of drug-likeness (QED) is 0.844. The van der Waals surface area contributed by atoms with E-state index in [0.717, 1.165) is 5.75 Å². The molecule has 0 aliphatic heterocycles. The average Bonchev–Trinajstić information content (AvgIpc) is 2.80. The van der Waals surface area contributed by atoms with E-state index < -0.39 is 17.8 Å². The fraction of sp³-hybridized carbons (Fsp3) is 0.529. The Morgan fingerprint density at radius 2 is 1.71 bits per heavy atom. The summed E-state index contributed by atoms with van der Waals surface area (Å²) in [5, 5.41) is 9.27. The lowest BCUT2D eigenvalue weighted by molar-refractivity contribution is -0.142. The molecule has 0 bridgehead atoms. The van der Waals surface area contributed by atoms with E-state index in [9.17, 15) is 14.7 Å². The van der Waals surface area contributed by atoms with Gasteiger partial charge in [0, 0.05) is 11.5 Å². The number of hydrogen-bond donors (Lipinski definition) is 1. The molecule has 114 valence electrons. The van der Waals surface area contributed by atoms with Gasteiger partial charge in [0.15, 0.2) is 5.78 Å². The minimum absolute atomic E-state index is 0.0668. The molecule has 1 aliphatic rings. The van der Waals surface area contributed by atoms with Gasteiger partial charge in [-0.1, -0.05) is 6.92 Å². The predicted molar refractivity (Wildman–Crippen MR) is 79.6 cm³/mol. The van der Waals surface area contributed by atoms with E-state index in [0.29, 0.717) is 18.4 Å². The summed E-state index contributed by atoms with van der Waals surface area (Å²) in [5.74, 6) is -0.895. The fourth-order valence-corrected chi connectivity index (χ4v) is 3.04.